The fourth-order valence-corrected chi connectivity index (χ4v) is 4.72. The normalized spacial score (nSPS) is 21.9. The van der Waals surface area contributed by atoms with E-state index in [4.69, 9.17) is 12.2 Å². The maximum Gasteiger partial charge on any atom is 0.270 e. The SMILES string of the molecule is Cc1ccc(N2C(=O)/C(=C/c3ccc4c(c3)[C@@H](C)CC(C)(C)N4C)C(=O)NC2=S)cc1. The Balaban J connectivity index is 1.72. The van der Waals surface area contributed by atoms with Gasteiger partial charge in [-0.05, 0) is 86.8 Å². The number of nitrogens with zero attached hydrogens (tertiary/aromatic N) is 2. The Bertz CT molecular complexity index is 1120. The summed E-state index contributed by atoms with van der Waals surface area (Å²) in [5.74, 6) is -0.504. The number of hydrogen-bond donors (Lipinski definition) is 1. The van der Waals surface area contributed by atoms with Gasteiger partial charge in [0, 0.05) is 18.3 Å². The number of carbonyl (C=O) groups excluding carboxylic acids is 2. The molecule has 0 aromatic heterocycles. The first-order valence-corrected chi connectivity index (χ1v) is 10.9. The molecule has 1 fully saturated rings. The third-order valence-electron chi connectivity index (χ3n) is 6.36. The number of rotatable bonds is 2. The van der Waals surface area contributed by atoms with E-state index in [9.17, 15) is 9.59 Å². The van der Waals surface area contributed by atoms with Crippen LogP contribution in [-0.2, 0) is 9.59 Å². The molecule has 1 saturated heterocycles. The van der Waals surface area contributed by atoms with Gasteiger partial charge < -0.3 is 4.90 Å². The molecule has 4 rings (SSSR count). The molecule has 1 atom stereocenters. The van der Waals surface area contributed by atoms with Gasteiger partial charge in [-0.3, -0.25) is 19.8 Å². The van der Waals surface area contributed by atoms with E-state index in [-0.39, 0.29) is 16.2 Å². The van der Waals surface area contributed by atoms with Gasteiger partial charge in [-0.15, -0.1) is 0 Å². The molecule has 0 bridgehead atoms. The molecule has 5 nitrogen and oxygen atoms in total. The lowest BCUT2D eigenvalue weighted by molar-refractivity contribution is -0.122. The van der Waals surface area contributed by atoms with Crippen LogP contribution in [0.3, 0.4) is 0 Å². The number of fused-ring (bicyclic) bond motifs is 1. The van der Waals surface area contributed by atoms with Crippen LogP contribution in [0.1, 0.15) is 49.8 Å². The Kier molecular flexibility index (Phi) is 5.21. The number of nitrogens with one attached hydrogen (secondary N) is 1. The van der Waals surface area contributed by atoms with Crippen molar-refractivity contribution in [1.29, 1.82) is 0 Å². The van der Waals surface area contributed by atoms with Gasteiger partial charge in [-0.2, -0.15) is 0 Å². The number of benzene rings is 2. The molecule has 2 aromatic rings. The first-order chi connectivity index (χ1) is 14.6. The Labute approximate surface area is 188 Å². The number of thiocarbonyl (C=S) groups is 1. The van der Waals surface area contributed by atoms with Gasteiger partial charge in [0.05, 0.1) is 5.69 Å². The van der Waals surface area contributed by atoms with E-state index in [0.717, 1.165) is 17.5 Å². The van der Waals surface area contributed by atoms with Gasteiger partial charge in [0.1, 0.15) is 5.57 Å². The third kappa shape index (κ3) is 3.76. The summed E-state index contributed by atoms with van der Waals surface area (Å²) in [4.78, 5) is 29.5. The highest BCUT2D eigenvalue weighted by Gasteiger charge is 2.36. The highest BCUT2D eigenvalue weighted by atomic mass is 32.1. The molecule has 2 heterocycles. The standard InChI is InChI=1S/C25H27N3O2S/c1-15-6-9-18(10-7-15)28-23(30)20(22(29)26-24(28)31)13-17-8-11-21-19(12-17)16(2)14-25(3,4)27(21)5/h6-13,16H,14H2,1-5H3,(H,26,29,31)/b20-13+/t16-/m0/s1. The summed E-state index contributed by atoms with van der Waals surface area (Å²) < 4.78 is 0. The van der Waals surface area contributed by atoms with Crippen molar-refractivity contribution >= 4 is 46.6 Å². The summed E-state index contributed by atoms with van der Waals surface area (Å²) in [5, 5.41) is 2.75. The third-order valence-corrected chi connectivity index (χ3v) is 6.65. The van der Waals surface area contributed by atoms with Gasteiger partial charge in [-0.25, -0.2) is 0 Å². The van der Waals surface area contributed by atoms with Crippen LogP contribution in [-0.4, -0.2) is 29.5 Å². The molecule has 2 amide bonds. The van der Waals surface area contributed by atoms with Gasteiger partial charge in [0.2, 0.25) is 0 Å². The number of anilines is 2. The Morgan fingerprint density at radius 3 is 2.48 bits per heavy atom. The first-order valence-electron chi connectivity index (χ1n) is 10.4. The van der Waals surface area contributed by atoms with E-state index in [1.165, 1.54) is 16.2 Å². The van der Waals surface area contributed by atoms with Crippen LogP contribution in [0.25, 0.3) is 6.08 Å². The van der Waals surface area contributed by atoms with E-state index in [1.807, 2.05) is 37.3 Å². The predicted molar refractivity (Wildman–Crippen MR) is 129 cm³/mol. The molecule has 0 radical (unpaired) electrons. The molecule has 2 aromatic carbocycles. The van der Waals surface area contributed by atoms with Gasteiger partial charge >= 0.3 is 0 Å². The van der Waals surface area contributed by atoms with Crippen molar-refractivity contribution in [2.75, 3.05) is 16.8 Å². The van der Waals surface area contributed by atoms with E-state index >= 15 is 0 Å². The fourth-order valence-electron chi connectivity index (χ4n) is 4.44. The lowest BCUT2D eigenvalue weighted by atomic mass is 9.80. The molecule has 2 aliphatic heterocycles. The molecule has 1 N–H and O–H groups in total. The highest BCUT2D eigenvalue weighted by molar-refractivity contribution is 7.80. The summed E-state index contributed by atoms with van der Waals surface area (Å²) in [6.07, 6.45) is 2.69. The number of carbonyl (C=O) groups is 2. The van der Waals surface area contributed by atoms with E-state index < -0.39 is 11.8 Å². The van der Waals surface area contributed by atoms with Gasteiger partial charge in [0.25, 0.3) is 11.8 Å². The summed E-state index contributed by atoms with van der Waals surface area (Å²) >= 11 is 5.28. The van der Waals surface area contributed by atoms with Crippen LogP contribution in [0.15, 0.2) is 48.0 Å². The summed E-state index contributed by atoms with van der Waals surface area (Å²) in [5.41, 5.74) is 5.11. The molecule has 0 saturated carbocycles. The zero-order chi connectivity index (χ0) is 22.5. The molecule has 0 unspecified atom stereocenters. The predicted octanol–water partition coefficient (Wildman–Crippen LogP) is 4.55. The zero-order valence-electron chi connectivity index (χ0n) is 18.5. The Hall–Kier alpha value is -2.99. The molecule has 0 aliphatic carbocycles. The van der Waals surface area contributed by atoms with Crippen LogP contribution < -0.4 is 15.1 Å². The highest BCUT2D eigenvalue weighted by Crippen LogP contribution is 2.42. The Morgan fingerprint density at radius 1 is 1.13 bits per heavy atom. The maximum atomic E-state index is 13.2. The first kappa shape index (κ1) is 21.2. The average Bonchev–Trinajstić information content (AvgIpc) is 2.70. The summed E-state index contributed by atoms with van der Waals surface area (Å²) in [6, 6.07) is 13.6. The minimum absolute atomic E-state index is 0.0753. The number of amides is 2. The van der Waals surface area contributed by atoms with Crippen LogP contribution >= 0.6 is 12.2 Å². The van der Waals surface area contributed by atoms with Crippen LogP contribution in [0.2, 0.25) is 0 Å². The smallest absolute Gasteiger partial charge is 0.270 e. The molecule has 160 valence electrons. The average molecular weight is 434 g/mol. The number of aryl methyl sites for hydroxylation is 1. The molecule has 31 heavy (non-hydrogen) atoms. The summed E-state index contributed by atoms with van der Waals surface area (Å²) in [7, 11) is 2.11. The minimum Gasteiger partial charge on any atom is -0.369 e. The van der Waals surface area contributed by atoms with Crippen molar-refractivity contribution in [2.45, 2.75) is 45.6 Å². The van der Waals surface area contributed by atoms with Crippen molar-refractivity contribution < 1.29 is 9.59 Å². The lowest BCUT2D eigenvalue weighted by Gasteiger charge is -2.45. The number of hydrogen-bond acceptors (Lipinski definition) is 4. The monoisotopic (exact) mass is 433 g/mol. The van der Waals surface area contributed by atoms with Crippen molar-refractivity contribution in [3.8, 4) is 0 Å². The topological polar surface area (TPSA) is 52.7 Å². The maximum absolute atomic E-state index is 13.2. The molecule has 0 spiro atoms. The van der Waals surface area contributed by atoms with Gasteiger partial charge in [-0.1, -0.05) is 30.7 Å². The van der Waals surface area contributed by atoms with Crippen molar-refractivity contribution in [1.82, 2.24) is 5.32 Å². The van der Waals surface area contributed by atoms with Crippen LogP contribution in [0.4, 0.5) is 11.4 Å². The van der Waals surface area contributed by atoms with E-state index in [2.05, 4.69) is 50.2 Å². The van der Waals surface area contributed by atoms with Crippen LogP contribution in [0, 0.1) is 6.92 Å². The minimum atomic E-state index is -0.470. The Morgan fingerprint density at radius 2 is 1.81 bits per heavy atom. The molecular formula is C25H27N3O2S. The second-order valence-electron chi connectivity index (χ2n) is 9.09. The zero-order valence-corrected chi connectivity index (χ0v) is 19.3. The van der Waals surface area contributed by atoms with E-state index in [0.29, 0.717) is 11.6 Å². The molecule has 2 aliphatic rings. The van der Waals surface area contributed by atoms with Crippen LogP contribution in [0.5, 0.6) is 0 Å². The van der Waals surface area contributed by atoms with Crippen molar-refractivity contribution in [3.63, 3.8) is 0 Å². The molecular weight excluding hydrogens is 406 g/mol. The second-order valence-corrected chi connectivity index (χ2v) is 9.47. The van der Waals surface area contributed by atoms with E-state index in [1.54, 1.807) is 6.08 Å². The summed E-state index contributed by atoms with van der Waals surface area (Å²) in [6.45, 7) is 8.69. The fraction of sp³-hybridized carbons (Fsp3) is 0.320. The quantitative estimate of drug-likeness (QED) is 0.429. The van der Waals surface area contributed by atoms with Gasteiger partial charge in [0.15, 0.2) is 5.11 Å². The van der Waals surface area contributed by atoms with Crippen molar-refractivity contribution in [2.24, 2.45) is 0 Å². The van der Waals surface area contributed by atoms with Crippen molar-refractivity contribution in [3.05, 3.63) is 64.7 Å². The second kappa shape index (κ2) is 7.61. The lowest BCUT2D eigenvalue weighted by Crippen LogP contribution is -2.54. The largest absolute Gasteiger partial charge is 0.369 e. The molecule has 6 heteroatoms.